The van der Waals surface area contributed by atoms with Crippen molar-refractivity contribution in [2.45, 2.75) is 25.9 Å². The highest BCUT2D eigenvalue weighted by Gasteiger charge is 2.11. The molecule has 1 N–H and O–H groups in total. The van der Waals surface area contributed by atoms with E-state index in [-0.39, 0.29) is 6.10 Å². The van der Waals surface area contributed by atoms with Gasteiger partial charge in [-0.3, -0.25) is 0 Å². The lowest BCUT2D eigenvalue weighted by molar-refractivity contribution is 0.177. The van der Waals surface area contributed by atoms with Crippen LogP contribution in [0.4, 0.5) is 0 Å². The third-order valence-electron chi connectivity index (χ3n) is 2.94. The first kappa shape index (κ1) is 17.0. The number of hydrogen-bond acceptors (Lipinski definition) is 4. The van der Waals surface area contributed by atoms with E-state index in [1.54, 1.807) is 13.2 Å². The van der Waals surface area contributed by atoms with Crippen molar-refractivity contribution in [3.8, 4) is 11.8 Å². The minimum Gasteiger partial charge on any atom is -0.489 e. The number of nitrogens with one attached hydrogen (secondary N) is 1. The van der Waals surface area contributed by atoms with Gasteiger partial charge in [0.25, 0.3) is 0 Å². The molecule has 0 amide bonds. The molecule has 1 aromatic carbocycles. The molecule has 0 radical (unpaired) electrons. The van der Waals surface area contributed by atoms with Crippen molar-refractivity contribution in [2.75, 3.05) is 26.8 Å². The average molecular weight is 341 g/mol. The summed E-state index contributed by atoms with van der Waals surface area (Å²) in [4.78, 5) is 0. The van der Waals surface area contributed by atoms with E-state index >= 15 is 0 Å². The van der Waals surface area contributed by atoms with Crippen LogP contribution >= 0.6 is 15.9 Å². The molecular formula is C15H21BrN2O2. The molecule has 0 aromatic heterocycles. The molecule has 1 rings (SSSR count). The summed E-state index contributed by atoms with van der Waals surface area (Å²) >= 11 is 3.40. The molecule has 0 aliphatic carbocycles. The van der Waals surface area contributed by atoms with Crippen molar-refractivity contribution < 1.29 is 9.47 Å². The number of rotatable bonds is 9. The summed E-state index contributed by atoms with van der Waals surface area (Å²) in [6.07, 6.45) is 1.91. The summed E-state index contributed by atoms with van der Waals surface area (Å²) in [7, 11) is 1.69. The molecule has 1 atom stereocenters. The van der Waals surface area contributed by atoms with E-state index in [9.17, 15) is 0 Å². The van der Waals surface area contributed by atoms with E-state index in [1.807, 2.05) is 12.1 Å². The average Bonchev–Trinajstić information content (AvgIpc) is 2.46. The molecule has 0 spiro atoms. The fraction of sp³-hybridized carbons (Fsp3) is 0.533. The van der Waals surface area contributed by atoms with Crippen molar-refractivity contribution in [3.05, 3.63) is 28.2 Å². The molecule has 0 fully saturated rings. The Bertz CT molecular complexity index is 446. The van der Waals surface area contributed by atoms with Gasteiger partial charge in [0.2, 0.25) is 0 Å². The number of nitriles is 1. The zero-order chi connectivity index (χ0) is 14.8. The first-order valence-electron chi connectivity index (χ1n) is 6.77. The molecule has 4 nitrogen and oxygen atoms in total. The fourth-order valence-electron chi connectivity index (χ4n) is 1.77. The van der Waals surface area contributed by atoms with Crippen LogP contribution in [0.5, 0.6) is 5.75 Å². The molecular weight excluding hydrogens is 320 g/mol. The van der Waals surface area contributed by atoms with Gasteiger partial charge in [0.05, 0.1) is 18.3 Å². The van der Waals surface area contributed by atoms with Gasteiger partial charge in [0.15, 0.2) is 0 Å². The summed E-state index contributed by atoms with van der Waals surface area (Å²) in [5, 5.41) is 12.4. The Labute approximate surface area is 129 Å². The van der Waals surface area contributed by atoms with Crippen molar-refractivity contribution in [1.82, 2.24) is 5.32 Å². The molecule has 0 saturated heterocycles. The predicted molar refractivity (Wildman–Crippen MR) is 82.9 cm³/mol. The highest BCUT2D eigenvalue weighted by Crippen LogP contribution is 2.25. The van der Waals surface area contributed by atoms with Gasteiger partial charge >= 0.3 is 0 Å². The van der Waals surface area contributed by atoms with Crippen molar-refractivity contribution in [3.63, 3.8) is 0 Å². The van der Waals surface area contributed by atoms with E-state index in [0.717, 1.165) is 30.4 Å². The molecule has 0 bridgehead atoms. The van der Waals surface area contributed by atoms with Gasteiger partial charge < -0.3 is 14.8 Å². The Morgan fingerprint density at radius 3 is 2.85 bits per heavy atom. The summed E-state index contributed by atoms with van der Waals surface area (Å²) in [6.45, 7) is 4.51. The summed E-state index contributed by atoms with van der Waals surface area (Å²) in [5.74, 6) is 0.644. The van der Waals surface area contributed by atoms with Crippen molar-refractivity contribution >= 4 is 15.9 Å². The van der Waals surface area contributed by atoms with Gasteiger partial charge in [0.1, 0.15) is 11.8 Å². The van der Waals surface area contributed by atoms with E-state index in [1.165, 1.54) is 0 Å². The van der Waals surface area contributed by atoms with Gasteiger partial charge in [-0.1, -0.05) is 22.9 Å². The second-order valence-electron chi connectivity index (χ2n) is 4.43. The number of halogens is 1. The lowest BCUT2D eigenvalue weighted by Gasteiger charge is -2.19. The van der Waals surface area contributed by atoms with Crippen LogP contribution in [0.2, 0.25) is 0 Å². The van der Waals surface area contributed by atoms with Crippen LogP contribution in [0.1, 0.15) is 25.3 Å². The Morgan fingerprint density at radius 2 is 2.20 bits per heavy atom. The topological polar surface area (TPSA) is 54.3 Å². The van der Waals surface area contributed by atoms with Gasteiger partial charge in [-0.15, -0.1) is 0 Å². The second kappa shape index (κ2) is 9.76. The minimum atomic E-state index is 0.103. The van der Waals surface area contributed by atoms with Crippen LogP contribution in [0.3, 0.4) is 0 Å². The molecule has 110 valence electrons. The Hall–Kier alpha value is -1.09. The monoisotopic (exact) mass is 340 g/mol. The normalized spacial score (nSPS) is 11.9. The summed E-state index contributed by atoms with van der Waals surface area (Å²) in [5.41, 5.74) is 0.569. The third-order valence-corrected chi connectivity index (χ3v) is 3.43. The SMILES string of the molecule is CCC(CCNCCOC)Oc1cc(Br)ccc1C#N. The molecule has 1 unspecified atom stereocenters. The number of hydrogen-bond donors (Lipinski definition) is 1. The quantitative estimate of drug-likeness (QED) is 0.702. The fourth-order valence-corrected chi connectivity index (χ4v) is 2.11. The van der Waals surface area contributed by atoms with Crippen molar-refractivity contribution in [1.29, 1.82) is 5.26 Å². The third kappa shape index (κ3) is 5.91. The van der Waals surface area contributed by atoms with E-state index in [2.05, 4.69) is 34.2 Å². The number of nitrogens with zero attached hydrogens (tertiary/aromatic N) is 1. The lowest BCUT2D eigenvalue weighted by atomic mass is 10.1. The highest BCUT2D eigenvalue weighted by atomic mass is 79.9. The smallest absolute Gasteiger partial charge is 0.138 e. The number of methoxy groups -OCH3 is 1. The molecule has 0 heterocycles. The minimum absolute atomic E-state index is 0.103. The van der Waals surface area contributed by atoms with Crippen molar-refractivity contribution in [2.24, 2.45) is 0 Å². The zero-order valence-corrected chi connectivity index (χ0v) is 13.6. The van der Waals surface area contributed by atoms with Gasteiger partial charge in [0, 0.05) is 18.1 Å². The number of benzene rings is 1. The Balaban J connectivity index is 2.51. The van der Waals surface area contributed by atoms with Crippen LogP contribution in [0.25, 0.3) is 0 Å². The maximum Gasteiger partial charge on any atom is 0.138 e. The maximum atomic E-state index is 9.10. The van der Waals surface area contributed by atoms with Gasteiger partial charge in [-0.05, 0) is 37.6 Å². The van der Waals surface area contributed by atoms with Crippen LogP contribution in [0, 0.1) is 11.3 Å². The number of ether oxygens (including phenoxy) is 2. The summed E-state index contributed by atoms with van der Waals surface area (Å²) < 4.78 is 11.8. The molecule has 5 heteroatoms. The van der Waals surface area contributed by atoms with Crippen LogP contribution < -0.4 is 10.1 Å². The Kier molecular flexibility index (Phi) is 8.28. The lowest BCUT2D eigenvalue weighted by Crippen LogP contribution is -2.26. The van der Waals surface area contributed by atoms with E-state index in [0.29, 0.717) is 17.9 Å². The standard InChI is InChI=1S/C15H21BrN2O2/c1-3-14(6-7-18-8-9-19-2)20-15-10-13(16)5-4-12(15)11-17/h4-5,10,14,18H,3,6-9H2,1-2H3. The zero-order valence-electron chi connectivity index (χ0n) is 12.0. The molecule has 0 aliphatic rings. The molecule has 20 heavy (non-hydrogen) atoms. The summed E-state index contributed by atoms with van der Waals surface area (Å²) in [6, 6.07) is 7.62. The largest absolute Gasteiger partial charge is 0.489 e. The first-order chi connectivity index (χ1) is 9.71. The van der Waals surface area contributed by atoms with Gasteiger partial charge in [-0.2, -0.15) is 5.26 Å². The van der Waals surface area contributed by atoms with E-state index < -0.39 is 0 Å². The second-order valence-corrected chi connectivity index (χ2v) is 5.35. The van der Waals surface area contributed by atoms with Gasteiger partial charge in [-0.25, -0.2) is 0 Å². The molecule has 0 saturated carbocycles. The van der Waals surface area contributed by atoms with Crippen LogP contribution in [-0.4, -0.2) is 32.9 Å². The maximum absolute atomic E-state index is 9.10. The van der Waals surface area contributed by atoms with Crippen LogP contribution in [-0.2, 0) is 4.74 Å². The predicted octanol–water partition coefficient (Wildman–Crippen LogP) is 3.10. The first-order valence-corrected chi connectivity index (χ1v) is 7.56. The highest BCUT2D eigenvalue weighted by molar-refractivity contribution is 9.10. The van der Waals surface area contributed by atoms with Crippen LogP contribution in [0.15, 0.2) is 22.7 Å². The Morgan fingerprint density at radius 1 is 1.40 bits per heavy atom. The molecule has 0 aliphatic heterocycles. The molecule has 1 aromatic rings. The van der Waals surface area contributed by atoms with E-state index in [4.69, 9.17) is 14.7 Å².